The fourth-order valence-corrected chi connectivity index (χ4v) is 1.62. The lowest BCUT2D eigenvalue weighted by Crippen LogP contribution is -2.02. The molecule has 9 heteroatoms. The van der Waals surface area contributed by atoms with Gasteiger partial charge in [-0.2, -0.15) is 4.98 Å². The van der Waals surface area contributed by atoms with Crippen molar-refractivity contribution in [2.45, 2.75) is 0 Å². The SMILES string of the molecule is Nc1ncnc(Oc2cccc(Cl)c2Cl)c1[N+](=O)[O-]. The Kier molecular flexibility index (Phi) is 3.68. The fraction of sp³-hybridized carbons (Fsp3) is 0. The predicted molar refractivity (Wildman–Crippen MR) is 69.6 cm³/mol. The molecule has 0 radical (unpaired) electrons. The van der Waals surface area contributed by atoms with Gasteiger partial charge in [0.15, 0.2) is 0 Å². The lowest BCUT2D eigenvalue weighted by Gasteiger charge is -2.07. The van der Waals surface area contributed by atoms with Crippen molar-refractivity contribution in [1.82, 2.24) is 9.97 Å². The molecule has 0 aliphatic heterocycles. The van der Waals surface area contributed by atoms with Crippen molar-refractivity contribution in [3.05, 3.63) is 44.7 Å². The quantitative estimate of drug-likeness (QED) is 0.690. The monoisotopic (exact) mass is 300 g/mol. The average molecular weight is 301 g/mol. The third-order valence-electron chi connectivity index (χ3n) is 2.12. The number of halogens is 2. The van der Waals surface area contributed by atoms with E-state index in [0.717, 1.165) is 6.33 Å². The van der Waals surface area contributed by atoms with E-state index < -0.39 is 10.6 Å². The number of aromatic nitrogens is 2. The highest BCUT2D eigenvalue weighted by atomic mass is 35.5. The van der Waals surface area contributed by atoms with Crippen LogP contribution in [0.25, 0.3) is 0 Å². The smallest absolute Gasteiger partial charge is 0.372 e. The zero-order chi connectivity index (χ0) is 14.0. The highest BCUT2D eigenvalue weighted by molar-refractivity contribution is 6.42. The second-order valence-corrected chi connectivity index (χ2v) is 4.11. The van der Waals surface area contributed by atoms with Gasteiger partial charge in [-0.05, 0) is 12.1 Å². The van der Waals surface area contributed by atoms with Gasteiger partial charge in [0.1, 0.15) is 17.1 Å². The molecule has 0 saturated heterocycles. The summed E-state index contributed by atoms with van der Waals surface area (Å²) in [4.78, 5) is 17.4. The zero-order valence-electron chi connectivity index (χ0n) is 9.21. The second kappa shape index (κ2) is 5.25. The van der Waals surface area contributed by atoms with Crippen LogP contribution in [0.1, 0.15) is 0 Å². The van der Waals surface area contributed by atoms with Crippen LogP contribution in [0.2, 0.25) is 10.0 Å². The van der Waals surface area contributed by atoms with Crippen LogP contribution in [0, 0.1) is 10.1 Å². The molecule has 1 aromatic carbocycles. The number of nitrogens with zero attached hydrogens (tertiary/aromatic N) is 3. The van der Waals surface area contributed by atoms with Crippen molar-refractivity contribution in [3.8, 4) is 11.6 Å². The molecule has 19 heavy (non-hydrogen) atoms. The molecule has 0 unspecified atom stereocenters. The molecule has 2 N–H and O–H groups in total. The van der Waals surface area contributed by atoms with Crippen LogP contribution in [0.3, 0.4) is 0 Å². The standard InChI is InChI=1S/C10H6Cl2N4O3/c11-5-2-1-3-6(7(5)12)19-10-8(16(17)18)9(13)14-4-15-10/h1-4H,(H2,13,14,15). The minimum absolute atomic E-state index is 0.121. The molecule has 98 valence electrons. The van der Waals surface area contributed by atoms with E-state index in [9.17, 15) is 10.1 Å². The summed E-state index contributed by atoms with van der Waals surface area (Å²) >= 11 is 11.7. The van der Waals surface area contributed by atoms with Crippen molar-refractivity contribution < 1.29 is 9.66 Å². The summed E-state index contributed by atoms with van der Waals surface area (Å²) < 4.78 is 5.27. The zero-order valence-corrected chi connectivity index (χ0v) is 10.7. The maximum Gasteiger partial charge on any atom is 0.372 e. The molecule has 2 rings (SSSR count). The molecule has 0 saturated carbocycles. The Hall–Kier alpha value is -2.12. The molecule has 0 atom stereocenters. The Morgan fingerprint density at radius 1 is 1.32 bits per heavy atom. The summed E-state index contributed by atoms with van der Waals surface area (Å²) in [6, 6.07) is 4.63. The number of nitro groups is 1. The molecule has 7 nitrogen and oxygen atoms in total. The second-order valence-electron chi connectivity index (χ2n) is 3.32. The van der Waals surface area contributed by atoms with E-state index in [2.05, 4.69) is 9.97 Å². The molecule has 1 aromatic heterocycles. The van der Waals surface area contributed by atoms with Gasteiger partial charge in [-0.3, -0.25) is 10.1 Å². The third-order valence-corrected chi connectivity index (χ3v) is 2.92. The van der Waals surface area contributed by atoms with Gasteiger partial charge < -0.3 is 10.5 Å². The van der Waals surface area contributed by atoms with E-state index in [4.69, 9.17) is 33.7 Å². The number of nitrogen functional groups attached to an aromatic ring is 1. The summed E-state index contributed by atoms with van der Waals surface area (Å²) in [7, 11) is 0. The minimum Gasteiger partial charge on any atom is -0.432 e. The number of rotatable bonds is 3. The van der Waals surface area contributed by atoms with Crippen molar-refractivity contribution in [3.63, 3.8) is 0 Å². The molecule has 0 fully saturated rings. The van der Waals surface area contributed by atoms with E-state index in [1.807, 2.05) is 0 Å². The van der Waals surface area contributed by atoms with Crippen LogP contribution in [-0.4, -0.2) is 14.9 Å². The molecular weight excluding hydrogens is 295 g/mol. The van der Waals surface area contributed by atoms with E-state index in [1.165, 1.54) is 6.07 Å². The number of hydrogen-bond donors (Lipinski definition) is 1. The van der Waals surface area contributed by atoms with Crippen LogP contribution in [0.4, 0.5) is 11.5 Å². The summed E-state index contributed by atoms with van der Waals surface area (Å²) in [5.41, 5.74) is 4.88. The lowest BCUT2D eigenvalue weighted by molar-refractivity contribution is -0.385. The Morgan fingerprint density at radius 3 is 2.74 bits per heavy atom. The number of benzene rings is 1. The van der Waals surface area contributed by atoms with Crippen LogP contribution in [0.5, 0.6) is 11.6 Å². The van der Waals surface area contributed by atoms with Gasteiger partial charge in [0.05, 0.1) is 9.95 Å². The van der Waals surface area contributed by atoms with Crippen molar-refractivity contribution in [1.29, 1.82) is 0 Å². The van der Waals surface area contributed by atoms with Gasteiger partial charge in [-0.25, -0.2) is 4.98 Å². The van der Waals surface area contributed by atoms with Crippen LogP contribution in [-0.2, 0) is 0 Å². The number of hydrogen-bond acceptors (Lipinski definition) is 6. The fourth-order valence-electron chi connectivity index (χ4n) is 1.29. The maximum absolute atomic E-state index is 10.9. The first-order chi connectivity index (χ1) is 9.00. The minimum atomic E-state index is -0.733. The Balaban J connectivity index is 2.47. The Bertz CT molecular complexity index is 651. The van der Waals surface area contributed by atoms with Gasteiger partial charge in [0.25, 0.3) is 0 Å². The topological polar surface area (TPSA) is 104 Å². The van der Waals surface area contributed by atoms with Gasteiger partial charge in [0, 0.05) is 0 Å². The Labute approximate surface area is 117 Å². The summed E-state index contributed by atoms with van der Waals surface area (Å²) in [5, 5.41) is 11.3. The van der Waals surface area contributed by atoms with Gasteiger partial charge in [-0.15, -0.1) is 0 Å². The van der Waals surface area contributed by atoms with E-state index in [-0.39, 0.29) is 27.5 Å². The first-order valence-corrected chi connectivity index (χ1v) is 5.63. The van der Waals surface area contributed by atoms with E-state index in [0.29, 0.717) is 0 Å². The number of ether oxygens (including phenoxy) is 1. The highest BCUT2D eigenvalue weighted by Gasteiger charge is 2.23. The lowest BCUT2D eigenvalue weighted by atomic mass is 10.3. The van der Waals surface area contributed by atoms with Crippen molar-refractivity contribution in [2.75, 3.05) is 5.73 Å². The number of anilines is 1. The molecule has 0 bridgehead atoms. The van der Waals surface area contributed by atoms with E-state index in [1.54, 1.807) is 12.1 Å². The molecule has 0 spiro atoms. The molecule has 0 aliphatic carbocycles. The first-order valence-electron chi connectivity index (χ1n) is 4.87. The van der Waals surface area contributed by atoms with Gasteiger partial charge >= 0.3 is 11.6 Å². The summed E-state index contributed by atoms with van der Waals surface area (Å²) in [5.74, 6) is -0.467. The number of nitrogens with two attached hydrogens (primary N) is 1. The molecule has 1 heterocycles. The highest BCUT2D eigenvalue weighted by Crippen LogP contribution is 2.37. The van der Waals surface area contributed by atoms with Gasteiger partial charge in [-0.1, -0.05) is 29.3 Å². The first kappa shape index (κ1) is 13.3. The Morgan fingerprint density at radius 2 is 2.05 bits per heavy atom. The van der Waals surface area contributed by atoms with E-state index >= 15 is 0 Å². The molecular formula is C10H6Cl2N4O3. The normalized spacial score (nSPS) is 10.2. The van der Waals surface area contributed by atoms with Crippen LogP contribution >= 0.6 is 23.2 Å². The molecule has 0 aliphatic rings. The van der Waals surface area contributed by atoms with Gasteiger partial charge in [0.2, 0.25) is 5.82 Å². The van der Waals surface area contributed by atoms with Crippen LogP contribution < -0.4 is 10.5 Å². The van der Waals surface area contributed by atoms with Crippen LogP contribution in [0.15, 0.2) is 24.5 Å². The predicted octanol–water partition coefficient (Wildman–Crippen LogP) is 3.07. The maximum atomic E-state index is 10.9. The average Bonchev–Trinajstić information content (AvgIpc) is 2.34. The summed E-state index contributed by atoms with van der Waals surface area (Å²) in [6.45, 7) is 0. The van der Waals surface area contributed by atoms with Crippen molar-refractivity contribution >= 4 is 34.7 Å². The van der Waals surface area contributed by atoms with Crippen molar-refractivity contribution in [2.24, 2.45) is 0 Å². The molecule has 0 amide bonds. The molecule has 2 aromatic rings. The summed E-state index contributed by atoms with van der Waals surface area (Å²) in [6.07, 6.45) is 1.05. The third kappa shape index (κ3) is 2.67. The largest absolute Gasteiger partial charge is 0.432 e.